The lowest BCUT2D eigenvalue weighted by atomic mass is 15.7. The van der Waals surface area contributed by atoms with Crippen LogP contribution in [0.25, 0.3) is 0 Å². The van der Waals surface area contributed by atoms with E-state index in [9.17, 15) is 4.89 Å². The second kappa shape index (κ2) is 5.19. The maximum absolute atomic E-state index is 9.17. The minimum Gasteiger partial charge on any atom is -0.324 e. The standard InChI is InChI=1S/H5O5P3S5/c1-6(2,9)4-7(3,10)5-8(11,12)13/h(H,3,10)(H2,1,2,9)(H2,11,12,13). The molecule has 0 aliphatic heterocycles. The first-order chi connectivity index (χ1) is 5.41. The van der Waals surface area contributed by atoms with Gasteiger partial charge in [0.1, 0.15) is 0 Å². The van der Waals surface area contributed by atoms with Crippen LogP contribution in [-0.4, -0.2) is 14.7 Å². The topological polar surface area (TPSA) is 79.2 Å². The van der Waals surface area contributed by atoms with Crippen molar-refractivity contribution in [2.24, 2.45) is 0 Å². The Kier molecular flexibility index (Phi) is 6.16. The van der Waals surface area contributed by atoms with Gasteiger partial charge in [-0.15, -0.1) is 24.5 Å². The predicted octanol–water partition coefficient (Wildman–Crippen LogP) is 1.53. The summed E-state index contributed by atoms with van der Waals surface area (Å²) in [6.45, 7) is -7.93. The third-order valence-corrected chi connectivity index (χ3v) is 7.49. The van der Waals surface area contributed by atoms with E-state index in [2.05, 4.69) is 68.5 Å². The lowest BCUT2D eigenvalue weighted by Crippen LogP contribution is -1.87. The lowest BCUT2D eigenvalue weighted by Gasteiger charge is -2.20. The summed E-state index contributed by atoms with van der Waals surface area (Å²) in [6.07, 6.45) is 0. The monoisotopic (exact) mass is 338 g/mol. The molecular formula is H5O5P3S5. The van der Waals surface area contributed by atoms with E-state index in [1.807, 2.05) is 0 Å². The van der Waals surface area contributed by atoms with Crippen LogP contribution >= 0.6 is 42.6 Å². The van der Waals surface area contributed by atoms with Crippen LogP contribution in [0.4, 0.5) is 0 Å². The van der Waals surface area contributed by atoms with E-state index >= 15 is 0 Å². The van der Waals surface area contributed by atoms with Gasteiger partial charge in [-0.1, -0.05) is 0 Å². The summed E-state index contributed by atoms with van der Waals surface area (Å²) in [5.41, 5.74) is 0. The molecule has 0 fully saturated rings. The van der Waals surface area contributed by atoms with Crippen LogP contribution in [0.15, 0.2) is 0 Å². The van der Waals surface area contributed by atoms with Crippen LogP contribution in [0.5, 0.6) is 0 Å². The molecule has 0 bridgehead atoms. The van der Waals surface area contributed by atoms with E-state index in [0.717, 1.165) is 0 Å². The molecule has 0 amide bonds. The molecule has 1 unspecified atom stereocenters. The minimum absolute atomic E-state index is 2.83. The van der Waals surface area contributed by atoms with Gasteiger partial charge in [0, 0.05) is 0 Å². The number of hydrogen-bond donors (Lipinski definition) is 5. The number of thiol groups is 2. The van der Waals surface area contributed by atoms with Gasteiger partial charge in [0.05, 0.1) is 0 Å². The number of hydrogen-bond acceptors (Lipinski definition) is 5. The normalized spacial score (nSPS) is 18.2. The summed E-state index contributed by atoms with van der Waals surface area (Å²) in [6, 6.07) is 0. The Bertz CT molecular complexity index is 282. The van der Waals surface area contributed by atoms with Crippen molar-refractivity contribution in [3.8, 4) is 0 Å². The first kappa shape index (κ1) is 15.4. The molecule has 0 saturated heterocycles. The fourth-order valence-corrected chi connectivity index (χ4v) is 9.62. The highest BCUT2D eigenvalue weighted by atomic mass is 33.2. The Morgan fingerprint density at radius 1 is 0.923 bits per heavy atom. The van der Waals surface area contributed by atoms with Gasteiger partial charge in [0.2, 0.25) is 0 Å². The molecular weight excluding hydrogens is 333 g/mol. The number of rotatable bonds is 4. The molecule has 13 heavy (non-hydrogen) atoms. The fourth-order valence-electron chi connectivity index (χ4n) is 0.284. The summed E-state index contributed by atoms with van der Waals surface area (Å²) in [7, 11) is 0. The summed E-state index contributed by atoms with van der Waals surface area (Å²) >= 11 is 20.4. The van der Waals surface area contributed by atoms with Crippen molar-refractivity contribution >= 4 is 78.0 Å². The van der Waals surface area contributed by atoms with Crippen LogP contribution in [0.3, 0.4) is 0 Å². The lowest BCUT2D eigenvalue weighted by molar-refractivity contribution is 0.331. The summed E-state index contributed by atoms with van der Waals surface area (Å²) in [4.78, 5) is 26.5. The highest BCUT2D eigenvalue weighted by molar-refractivity contribution is 8.91. The van der Waals surface area contributed by atoms with Crippen LogP contribution in [0, 0.1) is 0 Å². The van der Waals surface area contributed by atoms with Crippen molar-refractivity contribution in [3.05, 3.63) is 0 Å². The second-order valence-electron chi connectivity index (χ2n) is 1.61. The Hall–Kier alpha value is 2.45. The van der Waals surface area contributed by atoms with Gasteiger partial charge >= 0.3 is 13.4 Å². The van der Waals surface area contributed by atoms with Crippen LogP contribution in [0.1, 0.15) is 0 Å². The average Bonchev–Trinajstić information content (AvgIpc) is 1.43. The molecule has 0 aliphatic rings. The molecule has 0 spiro atoms. The van der Waals surface area contributed by atoms with Crippen molar-refractivity contribution in [2.45, 2.75) is 0 Å². The van der Waals surface area contributed by atoms with Crippen LogP contribution < -0.4 is 0 Å². The minimum atomic E-state index is -4.07. The van der Waals surface area contributed by atoms with Gasteiger partial charge in [-0.3, -0.25) is 4.31 Å². The van der Waals surface area contributed by atoms with Crippen molar-refractivity contribution < 1.29 is 23.3 Å². The third-order valence-electron chi connectivity index (χ3n) is 0.419. The zero-order valence-electron chi connectivity index (χ0n) is 5.62. The molecule has 5 nitrogen and oxygen atoms in total. The molecule has 0 radical (unpaired) electrons. The zero-order valence-corrected chi connectivity index (χ0v) is 12.5. The molecule has 1 atom stereocenters. The SMILES string of the molecule is OP(O)(=S)OP(O)(=S)OP(=S)(S)S. The first-order valence-electron chi connectivity index (χ1n) is 2.28. The molecule has 0 aliphatic carbocycles. The highest BCUT2D eigenvalue weighted by Crippen LogP contribution is 2.71. The quantitative estimate of drug-likeness (QED) is 0.390. The Labute approximate surface area is 101 Å². The van der Waals surface area contributed by atoms with Gasteiger partial charge in [-0.05, 0) is 35.4 Å². The van der Waals surface area contributed by atoms with Gasteiger partial charge < -0.3 is 14.7 Å². The van der Waals surface area contributed by atoms with Crippen LogP contribution in [0.2, 0.25) is 0 Å². The Morgan fingerprint density at radius 3 is 1.54 bits per heavy atom. The maximum Gasteiger partial charge on any atom is 0.337 e. The summed E-state index contributed by atoms with van der Waals surface area (Å²) in [5.74, 6) is 0. The fraction of sp³-hybridized carbons (Fsp3) is 0. The highest BCUT2D eigenvalue weighted by Gasteiger charge is 2.28. The van der Waals surface area contributed by atoms with Crippen molar-refractivity contribution in [1.29, 1.82) is 0 Å². The second-order valence-corrected chi connectivity index (χ2v) is 16.1. The predicted molar refractivity (Wildman–Crippen MR) is 69.7 cm³/mol. The molecule has 0 aromatic rings. The summed E-state index contributed by atoms with van der Waals surface area (Å²) < 4.78 is 5.89. The van der Waals surface area contributed by atoms with Gasteiger partial charge in [-0.2, -0.15) is 0 Å². The smallest absolute Gasteiger partial charge is 0.324 e. The molecule has 0 aromatic carbocycles. The van der Waals surface area contributed by atoms with E-state index in [1.165, 1.54) is 0 Å². The van der Waals surface area contributed by atoms with E-state index in [1.54, 1.807) is 0 Å². The molecule has 0 rings (SSSR count). The van der Waals surface area contributed by atoms with Crippen LogP contribution in [-0.2, 0) is 44.0 Å². The Balaban J connectivity index is 4.54. The molecule has 13 heteroatoms. The van der Waals surface area contributed by atoms with Crippen molar-refractivity contribution in [3.63, 3.8) is 0 Å². The van der Waals surface area contributed by atoms with Gasteiger partial charge in [-0.25, -0.2) is 4.31 Å². The first-order valence-corrected chi connectivity index (χ1v) is 12.5. The zero-order chi connectivity index (χ0) is 10.9. The molecule has 0 saturated carbocycles. The van der Waals surface area contributed by atoms with Crippen molar-refractivity contribution in [1.82, 2.24) is 0 Å². The molecule has 0 aromatic heterocycles. The third kappa shape index (κ3) is 10.7. The average molecular weight is 338 g/mol. The van der Waals surface area contributed by atoms with E-state index in [-0.39, 0.29) is 0 Å². The van der Waals surface area contributed by atoms with Gasteiger partial charge in [0.25, 0.3) is 0 Å². The summed E-state index contributed by atoms with van der Waals surface area (Å²) in [5, 5.41) is 0. The van der Waals surface area contributed by atoms with Gasteiger partial charge in [0.15, 0.2) is 4.67 Å². The largest absolute Gasteiger partial charge is 0.337 e. The molecule has 0 heterocycles. The maximum atomic E-state index is 9.17. The molecule has 3 N–H and O–H groups in total. The van der Waals surface area contributed by atoms with Crippen molar-refractivity contribution in [2.75, 3.05) is 0 Å². The molecule has 80 valence electrons. The van der Waals surface area contributed by atoms with E-state index in [4.69, 9.17) is 9.79 Å². The van der Waals surface area contributed by atoms with E-state index < -0.39 is 18.1 Å². The van der Waals surface area contributed by atoms with E-state index in [0.29, 0.717) is 0 Å². The Morgan fingerprint density at radius 2 is 1.31 bits per heavy atom.